The first kappa shape index (κ1) is 25.2. The van der Waals surface area contributed by atoms with Gasteiger partial charge in [0.05, 0.1) is 12.6 Å². The van der Waals surface area contributed by atoms with Gasteiger partial charge in [-0.05, 0) is 43.7 Å². The molecule has 0 saturated carbocycles. The van der Waals surface area contributed by atoms with Gasteiger partial charge in [0.2, 0.25) is 17.7 Å². The number of carboxylic acids is 1. The second-order valence-corrected chi connectivity index (χ2v) is 8.29. The number of carbonyl (C=O) groups excluding carboxylic acids is 3. The van der Waals surface area contributed by atoms with Crippen molar-refractivity contribution in [2.75, 3.05) is 25.2 Å². The molecule has 6 N–H and O–H groups in total. The van der Waals surface area contributed by atoms with Crippen molar-refractivity contribution in [2.45, 2.75) is 57.3 Å². The van der Waals surface area contributed by atoms with Gasteiger partial charge in [-0.2, -0.15) is 11.8 Å². The molecular weight excluding hydrogens is 400 g/mol. The predicted molar refractivity (Wildman–Crippen MR) is 109 cm³/mol. The maximum atomic E-state index is 12.8. The van der Waals surface area contributed by atoms with Crippen molar-refractivity contribution in [3.8, 4) is 0 Å². The Morgan fingerprint density at radius 3 is 2.24 bits per heavy atom. The lowest BCUT2D eigenvalue weighted by Gasteiger charge is -2.26. The van der Waals surface area contributed by atoms with E-state index in [1.165, 1.54) is 11.8 Å². The van der Waals surface area contributed by atoms with Gasteiger partial charge in [-0.1, -0.05) is 13.8 Å². The highest BCUT2D eigenvalue weighted by Crippen LogP contribution is 2.09. The Hall–Kier alpha value is -1.85. The first-order valence-corrected chi connectivity index (χ1v) is 11.1. The quantitative estimate of drug-likeness (QED) is 0.222. The Morgan fingerprint density at radius 2 is 1.76 bits per heavy atom. The highest BCUT2D eigenvalue weighted by Gasteiger charge is 2.32. The van der Waals surface area contributed by atoms with Crippen LogP contribution in [0.4, 0.5) is 0 Å². The number of aliphatic hydroxyl groups is 1. The van der Waals surface area contributed by atoms with Crippen LogP contribution >= 0.6 is 11.8 Å². The van der Waals surface area contributed by atoms with Crippen molar-refractivity contribution < 1.29 is 29.4 Å². The smallest absolute Gasteiger partial charge is 0.328 e. The van der Waals surface area contributed by atoms with Crippen molar-refractivity contribution in [3.63, 3.8) is 0 Å². The minimum absolute atomic E-state index is 0.214. The Bertz CT molecular complexity index is 583. The summed E-state index contributed by atoms with van der Waals surface area (Å²) in [6.07, 6.45) is 3.72. The van der Waals surface area contributed by atoms with E-state index in [2.05, 4.69) is 21.3 Å². The molecule has 29 heavy (non-hydrogen) atoms. The highest BCUT2D eigenvalue weighted by atomic mass is 32.2. The molecule has 4 atom stereocenters. The first-order chi connectivity index (χ1) is 13.7. The third kappa shape index (κ3) is 8.19. The van der Waals surface area contributed by atoms with E-state index in [1.54, 1.807) is 13.8 Å². The zero-order valence-corrected chi connectivity index (χ0v) is 17.9. The number of carboxylic acid groups (broad SMARTS) is 1. The zero-order chi connectivity index (χ0) is 22.0. The van der Waals surface area contributed by atoms with Crippen LogP contribution in [0.3, 0.4) is 0 Å². The molecule has 1 heterocycles. The number of carbonyl (C=O) groups is 4. The topological polar surface area (TPSA) is 157 Å². The van der Waals surface area contributed by atoms with Gasteiger partial charge in [-0.25, -0.2) is 4.79 Å². The number of rotatable bonds is 12. The SMILES string of the molecule is CSCCC(NC(=O)C(NC(=O)C1CCCN1)C(C)C)C(=O)NC(CO)C(=O)O. The number of aliphatic carboxylic acids is 1. The third-order valence-corrected chi connectivity index (χ3v) is 5.31. The fourth-order valence-corrected chi connectivity index (χ4v) is 3.39. The van der Waals surface area contributed by atoms with Gasteiger partial charge in [0, 0.05) is 0 Å². The number of aliphatic hydroxyl groups excluding tert-OH is 1. The molecule has 0 aromatic heterocycles. The van der Waals surface area contributed by atoms with Crippen molar-refractivity contribution in [3.05, 3.63) is 0 Å². The van der Waals surface area contributed by atoms with Gasteiger partial charge in [0.1, 0.15) is 18.1 Å². The van der Waals surface area contributed by atoms with Gasteiger partial charge in [0.15, 0.2) is 0 Å². The van der Waals surface area contributed by atoms with Gasteiger partial charge >= 0.3 is 5.97 Å². The van der Waals surface area contributed by atoms with Crippen LogP contribution in [-0.4, -0.2) is 83.2 Å². The molecule has 0 radical (unpaired) electrons. The molecule has 4 unspecified atom stereocenters. The van der Waals surface area contributed by atoms with Crippen LogP contribution < -0.4 is 21.3 Å². The van der Waals surface area contributed by atoms with Gasteiger partial charge in [0.25, 0.3) is 0 Å². The lowest BCUT2D eigenvalue weighted by molar-refractivity contribution is -0.143. The van der Waals surface area contributed by atoms with E-state index >= 15 is 0 Å². The maximum absolute atomic E-state index is 12.8. The molecule has 0 aliphatic carbocycles. The number of hydrogen-bond donors (Lipinski definition) is 6. The first-order valence-electron chi connectivity index (χ1n) is 9.68. The van der Waals surface area contributed by atoms with E-state index in [9.17, 15) is 19.2 Å². The lowest BCUT2D eigenvalue weighted by Crippen LogP contribution is -2.58. The lowest BCUT2D eigenvalue weighted by atomic mass is 10.0. The summed E-state index contributed by atoms with van der Waals surface area (Å²) < 4.78 is 0. The largest absolute Gasteiger partial charge is 0.480 e. The summed E-state index contributed by atoms with van der Waals surface area (Å²) in [4.78, 5) is 48.7. The second kappa shape index (κ2) is 12.7. The Labute approximate surface area is 174 Å². The van der Waals surface area contributed by atoms with E-state index in [1.807, 2.05) is 6.26 Å². The predicted octanol–water partition coefficient (Wildman–Crippen LogP) is -1.32. The van der Waals surface area contributed by atoms with E-state index < -0.39 is 42.5 Å². The number of hydrogen-bond acceptors (Lipinski definition) is 7. The molecule has 0 spiro atoms. The standard InChI is InChI=1S/C18H32N4O6S/c1-10(2)14(22-15(24)11-5-4-7-19-11)17(26)20-12(6-8-29-3)16(25)21-13(9-23)18(27)28/h10-14,19,23H,4-9H2,1-3H3,(H,20,26)(H,21,25)(H,22,24)(H,27,28). The molecular formula is C18H32N4O6S. The molecule has 166 valence electrons. The van der Waals surface area contributed by atoms with Crippen molar-refractivity contribution in [1.29, 1.82) is 0 Å². The van der Waals surface area contributed by atoms with E-state index in [0.717, 1.165) is 13.0 Å². The number of thioether (sulfide) groups is 1. The average molecular weight is 433 g/mol. The summed E-state index contributed by atoms with van der Waals surface area (Å²) in [6.45, 7) is 3.57. The Balaban J connectivity index is 2.81. The van der Waals surface area contributed by atoms with E-state index in [0.29, 0.717) is 12.2 Å². The fraction of sp³-hybridized carbons (Fsp3) is 0.778. The molecule has 0 bridgehead atoms. The fourth-order valence-electron chi connectivity index (χ4n) is 2.92. The van der Waals surface area contributed by atoms with Crippen LogP contribution in [0.2, 0.25) is 0 Å². The molecule has 10 nitrogen and oxygen atoms in total. The number of amides is 3. The Kier molecular flexibility index (Phi) is 11.0. The minimum atomic E-state index is -1.45. The van der Waals surface area contributed by atoms with E-state index in [4.69, 9.17) is 10.2 Å². The van der Waals surface area contributed by atoms with Crippen molar-refractivity contribution in [2.24, 2.45) is 5.92 Å². The Morgan fingerprint density at radius 1 is 1.10 bits per heavy atom. The van der Waals surface area contributed by atoms with Gasteiger partial charge in [-0.3, -0.25) is 14.4 Å². The molecule has 11 heteroatoms. The zero-order valence-electron chi connectivity index (χ0n) is 17.1. The van der Waals surface area contributed by atoms with Gasteiger partial charge < -0.3 is 31.5 Å². The van der Waals surface area contributed by atoms with Gasteiger partial charge in [-0.15, -0.1) is 0 Å². The second-order valence-electron chi connectivity index (χ2n) is 7.30. The molecule has 0 aromatic rings. The summed E-state index contributed by atoms with van der Waals surface area (Å²) in [5, 5.41) is 28.8. The van der Waals surface area contributed by atoms with E-state index in [-0.39, 0.29) is 24.3 Å². The van der Waals surface area contributed by atoms with Crippen LogP contribution in [-0.2, 0) is 19.2 Å². The molecule has 0 aromatic carbocycles. The molecule has 1 rings (SSSR count). The molecule has 1 aliphatic heterocycles. The van der Waals surface area contributed by atoms with Crippen LogP contribution in [0, 0.1) is 5.92 Å². The monoisotopic (exact) mass is 432 g/mol. The van der Waals surface area contributed by atoms with Crippen LogP contribution in [0.25, 0.3) is 0 Å². The minimum Gasteiger partial charge on any atom is -0.480 e. The molecule has 3 amide bonds. The molecule has 1 saturated heterocycles. The molecule has 1 fully saturated rings. The van der Waals surface area contributed by atoms with Crippen molar-refractivity contribution >= 4 is 35.5 Å². The highest BCUT2D eigenvalue weighted by molar-refractivity contribution is 7.98. The summed E-state index contributed by atoms with van der Waals surface area (Å²) in [5.74, 6) is -2.49. The van der Waals surface area contributed by atoms with Crippen LogP contribution in [0.15, 0.2) is 0 Å². The third-order valence-electron chi connectivity index (χ3n) is 4.66. The summed E-state index contributed by atoms with van der Waals surface area (Å²) in [6, 6.07) is -3.60. The summed E-state index contributed by atoms with van der Waals surface area (Å²) >= 11 is 1.47. The molecule has 1 aliphatic rings. The van der Waals surface area contributed by atoms with Crippen LogP contribution in [0.1, 0.15) is 33.1 Å². The van der Waals surface area contributed by atoms with Crippen molar-refractivity contribution in [1.82, 2.24) is 21.3 Å². The average Bonchev–Trinajstić information content (AvgIpc) is 3.21. The van der Waals surface area contributed by atoms with Crippen LogP contribution in [0.5, 0.6) is 0 Å². The maximum Gasteiger partial charge on any atom is 0.328 e. The summed E-state index contributed by atoms with van der Waals surface area (Å²) in [7, 11) is 0. The normalized spacial score (nSPS) is 19.3. The number of nitrogens with one attached hydrogen (secondary N) is 4. The summed E-state index contributed by atoms with van der Waals surface area (Å²) in [5.41, 5.74) is 0.